The normalized spacial score (nSPS) is 27.4. The number of cyclic esters (lactones) is 2. The first-order chi connectivity index (χ1) is 11.2. The van der Waals surface area contributed by atoms with Gasteiger partial charge in [-0.1, -0.05) is 76.9 Å². The molecule has 2 unspecified atom stereocenters. The monoisotopic (exact) mass is 320 g/mol. The summed E-state index contributed by atoms with van der Waals surface area (Å²) in [5.41, 5.74) is -0.629. The van der Waals surface area contributed by atoms with E-state index >= 15 is 0 Å². The van der Waals surface area contributed by atoms with Gasteiger partial charge in [0, 0.05) is 0 Å². The van der Waals surface area contributed by atoms with Gasteiger partial charge in [-0.05, 0) is 25.7 Å². The van der Waals surface area contributed by atoms with Crippen molar-refractivity contribution in [2.24, 2.45) is 11.3 Å². The van der Waals surface area contributed by atoms with Crippen LogP contribution in [0.4, 0.5) is 0 Å². The van der Waals surface area contributed by atoms with Gasteiger partial charge in [0.15, 0.2) is 0 Å². The second-order valence-corrected chi connectivity index (χ2v) is 7.21. The molecule has 0 aromatic heterocycles. The first kappa shape index (κ1) is 18.2. The van der Waals surface area contributed by atoms with E-state index in [1.54, 1.807) is 0 Å². The van der Waals surface area contributed by atoms with Crippen LogP contribution in [-0.2, 0) is 14.3 Å². The van der Waals surface area contributed by atoms with E-state index in [0.717, 1.165) is 32.1 Å². The van der Waals surface area contributed by atoms with Crippen molar-refractivity contribution in [3.8, 4) is 0 Å². The molecule has 0 bridgehead atoms. The van der Waals surface area contributed by atoms with Crippen LogP contribution >= 0.6 is 0 Å². The van der Waals surface area contributed by atoms with Gasteiger partial charge in [0.2, 0.25) is 0 Å². The van der Waals surface area contributed by atoms with Crippen LogP contribution < -0.4 is 0 Å². The van der Waals surface area contributed by atoms with Gasteiger partial charge in [0.25, 0.3) is 0 Å². The van der Waals surface area contributed by atoms with Crippen LogP contribution in [0.15, 0.2) is 12.2 Å². The Kier molecular flexibility index (Phi) is 7.32. The Morgan fingerprint density at radius 2 is 1.74 bits per heavy atom. The van der Waals surface area contributed by atoms with Crippen molar-refractivity contribution in [1.82, 2.24) is 0 Å². The lowest BCUT2D eigenvalue weighted by Gasteiger charge is -2.30. The second-order valence-electron chi connectivity index (χ2n) is 7.21. The molecule has 0 amide bonds. The molecular formula is C20H32O3. The molecule has 0 aromatic rings. The van der Waals surface area contributed by atoms with Gasteiger partial charge in [-0.3, -0.25) is 9.59 Å². The molecule has 130 valence electrons. The second kappa shape index (κ2) is 9.24. The van der Waals surface area contributed by atoms with Crippen molar-refractivity contribution >= 4 is 11.9 Å². The third-order valence-corrected chi connectivity index (χ3v) is 5.45. The highest BCUT2D eigenvalue weighted by molar-refractivity contribution is 6.00. The predicted molar refractivity (Wildman–Crippen MR) is 91.9 cm³/mol. The summed E-state index contributed by atoms with van der Waals surface area (Å²) < 4.78 is 4.92. The van der Waals surface area contributed by atoms with Crippen LogP contribution in [0.3, 0.4) is 0 Å². The zero-order valence-electron chi connectivity index (χ0n) is 14.6. The number of hydrogen-bond donors (Lipinski definition) is 0. The average Bonchev–Trinajstić information content (AvgIpc) is 2.81. The van der Waals surface area contributed by atoms with E-state index in [2.05, 4.69) is 13.0 Å². The summed E-state index contributed by atoms with van der Waals surface area (Å²) in [5.74, 6) is -0.829. The molecule has 0 aromatic carbocycles. The van der Waals surface area contributed by atoms with Crippen molar-refractivity contribution in [1.29, 1.82) is 0 Å². The maximum Gasteiger partial charge on any atom is 0.324 e. The van der Waals surface area contributed by atoms with Crippen LogP contribution in [0.1, 0.15) is 90.4 Å². The number of fused-ring (bicyclic) bond motifs is 1. The van der Waals surface area contributed by atoms with Crippen molar-refractivity contribution < 1.29 is 14.3 Å². The van der Waals surface area contributed by atoms with Gasteiger partial charge in [-0.2, -0.15) is 0 Å². The lowest BCUT2D eigenvalue weighted by molar-refractivity contribution is -0.154. The molecule has 2 atom stereocenters. The molecule has 1 saturated heterocycles. The molecule has 2 rings (SSSR count). The molecule has 1 aliphatic carbocycles. The summed E-state index contributed by atoms with van der Waals surface area (Å²) in [6.07, 6.45) is 19.2. The number of esters is 2. The summed E-state index contributed by atoms with van der Waals surface area (Å²) in [7, 11) is 0. The fourth-order valence-electron chi connectivity index (χ4n) is 3.98. The Morgan fingerprint density at radius 1 is 1.04 bits per heavy atom. The van der Waals surface area contributed by atoms with Crippen LogP contribution in [-0.4, -0.2) is 11.9 Å². The summed E-state index contributed by atoms with van der Waals surface area (Å²) in [4.78, 5) is 24.0. The molecule has 0 spiro atoms. The predicted octanol–water partition coefficient (Wildman–Crippen LogP) is 5.33. The molecule has 2 fully saturated rings. The molecule has 3 nitrogen and oxygen atoms in total. The van der Waals surface area contributed by atoms with Crippen LogP contribution in [0, 0.1) is 11.3 Å². The Bertz CT molecular complexity index is 427. The maximum atomic E-state index is 12.1. The molecule has 1 heterocycles. The Morgan fingerprint density at radius 3 is 2.48 bits per heavy atom. The minimum atomic E-state index is -0.629. The number of rotatable bonds is 10. The van der Waals surface area contributed by atoms with Crippen molar-refractivity contribution in [2.45, 2.75) is 90.4 Å². The van der Waals surface area contributed by atoms with E-state index in [4.69, 9.17) is 4.74 Å². The van der Waals surface area contributed by atoms with E-state index in [-0.39, 0.29) is 17.9 Å². The highest BCUT2D eigenvalue weighted by Crippen LogP contribution is 2.48. The molecular weight excluding hydrogens is 288 g/mol. The van der Waals surface area contributed by atoms with E-state index in [0.29, 0.717) is 0 Å². The van der Waals surface area contributed by atoms with Gasteiger partial charge in [-0.15, -0.1) is 0 Å². The number of carbonyl (C=O) groups is 2. The van der Waals surface area contributed by atoms with E-state index in [9.17, 15) is 9.59 Å². The summed E-state index contributed by atoms with van der Waals surface area (Å²) in [5, 5.41) is 0. The fraction of sp³-hybridized carbons (Fsp3) is 0.800. The maximum absolute atomic E-state index is 12.1. The van der Waals surface area contributed by atoms with Gasteiger partial charge in [0.1, 0.15) is 0 Å². The fourth-order valence-corrected chi connectivity index (χ4v) is 3.98. The quantitative estimate of drug-likeness (QED) is 0.236. The van der Waals surface area contributed by atoms with Gasteiger partial charge in [0.05, 0.1) is 11.3 Å². The summed E-state index contributed by atoms with van der Waals surface area (Å²) in [6.45, 7) is 2.25. The van der Waals surface area contributed by atoms with Gasteiger partial charge < -0.3 is 4.74 Å². The third kappa shape index (κ3) is 4.68. The van der Waals surface area contributed by atoms with E-state index in [1.165, 1.54) is 51.4 Å². The molecule has 0 radical (unpaired) electrons. The lowest BCUT2D eigenvalue weighted by atomic mass is 9.67. The molecule has 1 saturated carbocycles. The number of unbranched alkanes of at least 4 members (excludes halogenated alkanes) is 8. The zero-order chi connectivity index (χ0) is 16.5. The topological polar surface area (TPSA) is 43.4 Å². The molecule has 23 heavy (non-hydrogen) atoms. The van der Waals surface area contributed by atoms with Crippen molar-refractivity contribution in [3.05, 3.63) is 12.2 Å². The van der Waals surface area contributed by atoms with Gasteiger partial charge >= 0.3 is 11.9 Å². The van der Waals surface area contributed by atoms with Crippen LogP contribution in [0.5, 0.6) is 0 Å². The number of carbonyl (C=O) groups excluding carboxylic acids is 2. The first-order valence-electron chi connectivity index (χ1n) is 9.64. The highest BCUT2D eigenvalue weighted by Gasteiger charge is 2.56. The standard InChI is InChI=1S/C20H32O3/c1-2-3-4-5-6-7-8-9-10-12-15-20-16-13-11-14-17(20)18(21)23-19(20)22/h12,15,17H,2-11,13-14,16H2,1H3. The smallest absolute Gasteiger partial charge is 0.324 e. The van der Waals surface area contributed by atoms with E-state index < -0.39 is 5.41 Å². The van der Waals surface area contributed by atoms with Crippen LogP contribution in [0.25, 0.3) is 0 Å². The number of ether oxygens (including phenoxy) is 1. The third-order valence-electron chi connectivity index (χ3n) is 5.45. The summed E-state index contributed by atoms with van der Waals surface area (Å²) in [6, 6.07) is 0. The number of allylic oxidation sites excluding steroid dienone is 1. The minimum absolute atomic E-state index is 0.224. The van der Waals surface area contributed by atoms with Crippen LogP contribution in [0.2, 0.25) is 0 Å². The highest BCUT2D eigenvalue weighted by atomic mass is 16.6. The first-order valence-corrected chi connectivity index (χ1v) is 9.64. The van der Waals surface area contributed by atoms with E-state index in [1.807, 2.05) is 6.08 Å². The van der Waals surface area contributed by atoms with Crippen molar-refractivity contribution in [3.63, 3.8) is 0 Å². The number of hydrogen-bond acceptors (Lipinski definition) is 3. The molecule has 2 aliphatic rings. The molecule has 0 N–H and O–H groups in total. The Hall–Kier alpha value is -1.12. The Balaban J connectivity index is 1.68. The molecule has 3 heteroatoms. The van der Waals surface area contributed by atoms with Crippen molar-refractivity contribution in [2.75, 3.05) is 0 Å². The minimum Gasteiger partial charge on any atom is -0.392 e. The Labute approximate surface area is 140 Å². The average molecular weight is 320 g/mol. The lowest BCUT2D eigenvalue weighted by Crippen LogP contribution is -2.34. The zero-order valence-corrected chi connectivity index (χ0v) is 14.6. The largest absolute Gasteiger partial charge is 0.392 e. The molecule has 1 aliphatic heterocycles. The SMILES string of the molecule is CCCCCCCCCCC=CC12CCCCC1C(=O)OC2=O. The van der Waals surface area contributed by atoms with Gasteiger partial charge in [-0.25, -0.2) is 0 Å². The summed E-state index contributed by atoms with van der Waals surface area (Å²) >= 11 is 0.